The van der Waals surface area contributed by atoms with Crippen LogP contribution in [0.2, 0.25) is 0 Å². The summed E-state index contributed by atoms with van der Waals surface area (Å²) < 4.78 is 13.0. The van der Waals surface area contributed by atoms with Crippen LogP contribution < -0.4 is 27.4 Å². The number of likely N-dealkylation sites (tertiary alicyclic amines) is 2. The predicted molar refractivity (Wildman–Crippen MR) is 243 cm³/mol. The van der Waals surface area contributed by atoms with Crippen LogP contribution in [-0.2, 0) is 34.9 Å². The van der Waals surface area contributed by atoms with E-state index in [1.54, 1.807) is 19.1 Å². The van der Waals surface area contributed by atoms with E-state index in [0.29, 0.717) is 62.6 Å². The van der Waals surface area contributed by atoms with E-state index in [9.17, 15) is 24.0 Å². The minimum absolute atomic E-state index is 0.0288. The van der Waals surface area contributed by atoms with Gasteiger partial charge in [-0.05, 0) is 138 Å². The molecule has 1 unspecified atom stereocenters. The third kappa shape index (κ3) is 9.72. The highest BCUT2D eigenvalue weighted by molar-refractivity contribution is 6.47. The maximum absolute atomic E-state index is 14.2. The number of nitrogens with two attached hydrogens (primary N) is 2. The molecule has 2 bridgehead atoms. The second-order valence-corrected chi connectivity index (χ2v) is 19.7. The van der Waals surface area contributed by atoms with Crippen LogP contribution in [-0.4, -0.2) is 114 Å². The van der Waals surface area contributed by atoms with Crippen molar-refractivity contribution >= 4 is 36.7 Å². The highest BCUT2D eigenvalue weighted by atomic mass is 16.7. The lowest BCUT2D eigenvalue weighted by Gasteiger charge is -2.64. The van der Waals surface area contributed by atoms with Crippen LogP contribution in [0.25, 0.3) is 11.1 Å². The molecule has 63 heavy (non-hydrogen) atoms. The number of hydrogen-bond donors (Lipinski definition) is 5. The van der Waals surface area contributed by atoms with Crippen molar-refractivity contribution < 1.29 is 33.3 Å². The minimum Gasteiger partial charge on any atom is -0.404 e. The summed E-state index contributed by atoms with van der Waals surface area (Å²) in [5.41, 5.74) is 15.7. The quantitative estimate of drug-likeness (QED) is 0.115. The van der Waals surface area contributed by atoms with E-state index in [-0.39, 0.29) is 42.2 Å². The molecule has 0 radical (unpaired) electrons. The van der Waals surface area contributed by atoms with E-state index < -0.39 is 60.7 Å². The molecule has 6 fully saturated rings. The summed E-state index contributed by atoms with van der Waals surface area (Å²) in [6.45, 7) is 13.3. The fourth-order valence-electron chi connectivity index (χ4n) is 11.0. The summed E-state index contributed by atoms with van der Waals surface area (Å²) in [5.74, 6) is -1.47. The zero-order valence-corrected chi connectivity index (χ0v) is 38.2. The molecule has 15 heteroatoms. The third-order valence-electron chi connectivity index (χ3n) is 15.0. The van der Waals surface area contributed by atoms with E-state index >= 15 is 0 Å². The zero-order chi connectivity index (χ0) is 45.2. The molecule has 3 saturated heterocycles. The molecular formula is C48H70BN7O7. The van der Waals surface area contributed by atoms with Gasteiger partial charge in [0, 0.05) is 24.7 Å². The minimum atomic E-state index is -1.00. The fraction of sp³-hybridized carbons (Fsp3) is 0.646. The van der Waals surface area contributed by atoms with Crippen LogP contribution in [0.4, 0.5) is 0 Å². The molecule has 3 heterocycles. The number of aryl methyl sites for hydroxylation is 1. The molecule has 8 rings (SSSR count). The molecule has 0 spiro atoms. The average molecular weight is 868 g/mol. The smallest absolute Gasteiger partial charge is 0.404 e. The summed E-state index contributed by atoms with van der Waals surface area (Å²) in [7, 11) is -0.615. The van der Waals surface area contributed by atoms with Gasteiger partial charge >= 0.3 is 7.12 Å². The van der Waals surface area contributed by atoms with Gasteiger partial charge in [0.05, 0.1) is 17.6 Å². The second-order valence-electron chi connectivity index (χ2n) is 19.7. The first kappa shape index (κ1) is 46.7. The molecule has 342 valence electrons. The van der Waals surface area contributed by atoms with Crippen LogP contribution in [0.3, 0.4) is 0 Å². The van der Waals surface area contributed by atoms with Crippen LogP contribution in [0.5, 0.6) is 0 Å². The fourth-order valence-corrected chi connectivity index (χ4v) is 11.0. The van der Waals surface area contributed by atoms with E-state index in [1.165, 1.54) is 15.4 Å². The Kier molecular flexibility index (Phi) is 14.4. The van der Waals surface area contributed by atoms with Crippen molar-refractivity contribution in [1.82, 2.24) is 25.8 Å². The van der Waals surface area contributed by atoms with Crippen LogP contribution in [0, 0.1) is 17.3 Å². The van der Waals surface area contributed by atoms with Crippen molar-refractivity contribution in [2.24, 2.45) is 28.7 Å². The van der Waals surface area contributed by atoms with Crippen LogP contribution in [0.15, 0.2) is 48.5 Å². The lowest BCUT2D eigenvalue weighted by Crippen LogP contribution is -2.65. The molecule has 6 aliphatic rings. The number of benzene rings is 2. The lowest BCUT2D eigenvalue weighted by molar-refractivity contribution is -0.199. The van der Waals surface area contributed by atoms with Crippen molar-refractivity contribution in [3.8, 4) is 11.1 Å². The summed E-state index contributed by atoms with van der Waals surface area (Å²) in [6.07, 6.45) is 8.29. The van der Waals surface area contributed by atoms with Gasteiger partial charge in [0.1, 0.15) is 24.2 Å². The number of carbonyl (C=O) groups is 5. The molecule has 10 atom stereocenters. The Bertz CT molecular complexity index is 1980. The summed E-state index contributed by atoms with van der Waals surface area (Å²) in [4.78, 5) is 72.4. The van der Waals surface area contributed by atoms with Gasteiger partial charge in [-0.2, -0.15) is 0 Å². The van der Waals surface area contributed by atoms with Crippen molar-refractivity contribution in [3.63, 3.8) is 0 Å². The maximum Gasteiger partial charge on any atom is 0.481 e. The maximum atomic E-state index is 14.2. The molecule has 5 amide bonds. The van der Waals surface area contributed by atoms with Crippen molar-refractivity contribution in [1.29, 1.82) is 0 Å². The Hall–Kier alpha value is -4.31. The van der Waals surface area contributed by atoms with Gasteiger partial charge in [0.25, 0.3) is 5.91 Å². The number of rotatable bonds is 17. The normalized spacial score (nSPS) is 28.4. The van der Waals surface area contributed by atoms with E-state index in [1.807, 2.05) is 19.1 Å². The number of amides is 5. The molecule has 7 N–H and O–H groups in total. The third-order valence-corrected chi connectivity index (χ3v) is 15.0. The summed E-state index contributed by atoms with van der Waals surface area (Å²) in [6, 6.07) is 12.0. The first-order chi connectivity index (χ1) is 30.0. The molecule has 14 nitrogen and oxygen atoms in total. The monoisotopic (exact) mass is 868 g/mol. The Balaban J connectivity index is 0.936. The first-order valence-corrected chi connectivity index (χ1v) is 23.6. The van der Waals surface area contributed by atoms with Crippen LogP contribution in [0.1, 0.15) is 122 Å². The molecule has 3 saturated carbocycles. The second kappa shape index (κ2) is 19.4. The van der Waals surface area contributed by atoms with Gasteiger partial charge in [-0.15, -0.1) is 0 Å². The highest BCUT2D eigenvalue weighted by Gasteiger charge is 2.68. The average Bonchev–Trinajstić information content (AvgIpc) is 4.02. The predicted octanol–water partition coefficient (Wildman–Crippen LogP) is 4.12. The van der Waals surface area contributed by atoms with E-state index in [4.69, 9.17) is 20.8 Å². The molecule has 2 aromatic rings. The van der Waals surface area contributed by atoms with Crippen molar-refractivity contribution in [2.75, 3.05) is 19.6 Å². The summed E-state index contributed by atoms with van der Waals surface area (Å²) in [5, 5.41) is 8.70. The van der Waals surface area contributed by atoms with Crippen molar-refractivity contribution in [3.05, 3.63) is 59.7 Å². The number of hydrogen-bond acceptors (Lipinski definition) is 9. The molecule has 0 aromatic heterocycles. The Morgan fingerprint density at radius 1 is 0.857 bits per heavy atom. The Labute approximate surface area is 373 Å². The lowest BCUT2D eigenvalue weighted by atomic mass is 9.43. The standard InChI is InChI=1S/C48H70BN7O7/c1-7-8-12-31-15-17-32(18-16-31)33-19-21-34(22-20-33)45(60)56-28-36(51)27-39(56)46(61)55-24-11-14-38(55)44(59)52-29(2)42(57)54-37(13-9-10-23-50)43(58)53-30(3)49-62-41-26-35-25-40(47(35,4)5)48(41,6)63-49/h15-22,29-30,35-41H,7-14,23-28,50-51H2,1-6H3,(H,52,59)(H,53,58)(H,54,57)/t29-,30-,35-,36-,37-,38-,39-,40-,41?,48-/m0/s1. The van der Waals surface area contributed by atoms with Gasteiger partial charge in [0.2, 0.25) is 23.6 Å². The number of unbranched alkanes of at least 4 members (excludes halogenated alkanes) is 2. The highest BCUT2D eigenvalue weighted by Crippen LogP contribution is 2.65. The van der Waals surface area contributed by atoms with Gasteiger partial charge < -0.3 is 46.5 Å². The first-order valence-electron chi connectivity index (χ1n) is 23.6. The van der Waals surface area contributed by atoms with Crippen molar-refractivity contribution in [2.45, 2.75) is 160 Å². The summed E-state index contributed by atoms with van der Waals surface area (Å²) >= 11 is 0. The molecule has 2 aromatic carbocycles. The number of nitrogens with one attached hydrogen (secondary N) is 3. The molecule has 3 aliphatic heterocycles. The number of nitrogens with zero attached hydrogens (tertiary/aromatic N) is 2. The molecular weight excluding hydrogens is 797 g/mol. The van der Waals surface area contributed by atoms with Gasteiger partial charge in [-0.3, -0.25) is 24.0 Å². The topological polar surface area (TPSA) is 198 Å². The van der Waals surface area contributed by atoms with Gasteiger partial charge in [-0.25, -0.2) is 0 Å². The van der Waals surface area contributed by atoms with Gasteiger partial charge in [-0.1, -0.05) is 63.6 Å². The number of carbonyl (C=O) groups excluding carboxylic acids is 5. The Morgan fingerprint density at radius 2 is 1.56 bits per heavy atom. The SMILES string of the molecule is CCCCc1ccc(-c2ccc(C(=O)N3C[C@@H](N)C[C@H]3C(=O)N3CCC[C@H]3C(=O)N[C@@H](C)C(=O)N[C@@H](CCCCN)C(=O)N[C@@H](C)B3OC4C[C@@H]5C[C@@H](C5(C)C)[C@]4(C)O3)cc2)cc1. The van der Waals surface area contributed by atoms with E-state index in [2.05, 4.69) is 67.9 Å². The Morgan fingerprint density at radius 3 is 2.22 bits per heavy atom. The van der Waals surface area contributed by atoms with E-state index in [0.717, 1.165) is 43.2 Å². The zero-order valence-electron chi connectivity index (χ0n) is 38.2. The molecule has 3 aliphatic carbocycles. The van der Waals surface area contributed by atoms with Gasteiger partial charge in [0.15, 0.2) is 0 Å². The van der Waals surface area contributed by atoms with Crippen LogP contribution >= 0.6 is 0 Å². The largest absolute Gasteiger partial charge is 0.481 e.